The van der Waals surface area contributed by atoms with Gasteiger partial charge in [-0.2, -0.15) is 0 Å². The van der Waals surface area contributed by atoms with Gasteiger partial charge in [-0.05, 0) is 44.0 Å². The molecule has 4 rings (SSSR count). The predicted octanol–water partition coefficient (Wildman–Crippen LogP) is 4.62. The molecule has 3 aromatic rings. The highest BCUT2D eigenvalue weighted by Crippen LogP contribution is 2.21. The summed E-state index contributed by atoms with van der Waals surface area (Å²) in [4.78, 5) is 43.3. The van der Waals surface area contributed by atoms with E-state index in [-0.39, 0.29) is 36.9 Å². The molecule has 0 unspecified atom stereocenters. The second-order valence-electron chi connectivity index (χ2n) is 8.49. The fraction of sp³-hybridized carbons (Fsp3) is 0.308. The number of piperidine rings is 1. The topological polar surface area (TPSA) is 101 Å². The molecule has 182 valence electrons. The van der Waals surface area contributed by atoms with Gasteiger partial charge in [0.2, 0.25) is 5.91 Å². The minimum absolute atomic E-state index is 0.0730. The Hall–Kier alpha value is -3.72. The number of aryl methyl sites for hydroxylation is 1. The van der Waals surface area contributed by atoms with Crippen molar-refractivity contribution in [3.63, 3.8) is 0 Å². The molecule has 2 aromatic carbocycles. The van der Waals surface area contributed by atoms with E-state index in [2.05, 4.69) is 15.6 Å². The predicted molar refractivity (Wildman–Crippen MR) is 135 cm³/mol. The Morgan fingerprint density at radius 2 is 1.69 bits per heavy atom. The van der Waals surface area contributed by atoms with Gasteiger partial charge in [0.05, 0.1) is 18.0 Å². The molecule has 1 fully saturated rings. The van der Waals surface area contributed by atoms with Crippen molar-refractivity contribution in [3.05, 3.63) is 76.2 Å². The SMILES string of the molecule is Cc1ccc(NC(=O)Cc2nc(COC(=O)C3CCN(C(=O)Nc4ccccc4)CC3)cs2)cc1. The summed E-state index contributed by atoms with van der Waals surface area (Å²) in [5.41, 5.74) is 3.24. The Morgan fingerprint density at radius 1 is 1.00 bits per heavy atom. The molecule has 8 nitrogen and oxygen atoms in total. The number of hydrogen-bond donors (Lipinski definition) is 2. The first-order chi connectivity index (χ1) is 17.0. The molecule has 0 spiro atoms. The maximum Gasteiger partial charge on any atom is 0.321 e. The Kier molecular flexibility index (Phi) is 8.10. The number of nitrogens with zero attached hydrogens (tertiary/aromatic N) is 2. The number of ether oxygens (including phenoxy) is 1. The van der Waals surface area contributed by atoms with Crippen LogP contribution in [0.15, 0.2) is 60.0 Å². The Morgan fingerprint density at radius 3 is 2.40 bits per heavy atom. The number of urea groups is 1. The Bertz CT molecular complexity index is 1160. The molecular formula is C26H28N4O4S. The summed E-state index contributed by atoms with van der Waals surface area (Å²) in [5.74, 6) is -0.663. The molecule has 35 heavy (non-hydrogen) atoms. The van der Waals surface area contributed by atoms with Crippen molar-refractivity contribution >= 4 is 40.6 Å². The number of esters is 1. The van der Waals surface area contributed by atoms with Crippen molar-refractivity contribution in [2.24, 2.45) is 5.92 Å². The van der Waals surface area contributed by atoms with Crippen LogP contribution in [0.25, 0.3) is 0 Å². The zero-order chi connectivity index (χ0) is 24.6. The van der Waals surface area contributed by atoms with Crippen LogP contribution in [-0.4, -0.2) is 40.9 Å². The van der Waals surface area contributed by atoms with Crippen LogP contribution in [0.3, 0.4) is 0 Å². The number of likely N-dealkylation sites (tertiary alicyclic amines) is 1. The third kappa shape index (κ3) is 7.13. The minimum atomic E-state index is -0.278. The molecule has 0 bridgehead atoms. The number of carbonyl (C=O) groups is 3. The van der Waals surface area contributed by atoms with E-state index in [4.69, 9.17) is 4.74 Å². The molecule has 2 heterocycles. The summed E-state index contributed by atoms with van der Waals surface area (Å²) in [6.07, 6.45) is 1.28. The minimum Gasteiger partial charge on any atom is -0.459 e. The van der Waals surface area contributed by atoms with Crippen LogP contribution in [0.2, 0.25) is 0 Å². The number of amides is 3. The number of thiazole rings is 1. The van der Waals surface area contributed by atoms with Gasteiger partial charge in [-0.1, -0.05) is 35.9 Å². The molecule has 9 heteroatoms. The van der Waals surface area contributed by atoms with Gasteiger partial charge in [0.25, 0.3) is 0 Å². The summed E-state index contributed by atoms with van der Waals surface area (Å²) >= 11 is 1.37. The summed E-state index contributed by atoms with van der Waals surface area (Å²) in [6, 6.07) is 16.7. The number of rotatable bonds is 7. The van der Waals surface area contributed by atoms with E-state index in [9.17, 15) is 14.4 Å². The van der Waals surface area contributed by atoms with Gasteiger partial charge in [-0.3, -0.25) is 9.59 Å². The third-order valence-corrected chi connectivity index (χ3v) is 6.65. The summed E-state index contributed by atoms with van der Waals surface area (Å²) in [5, 5.41) is 8.19. The Balaban J connectivity index is 1.18. The van der Waals surface area contributed by atoms with Crippen molar-refractivity contribution in [1.29, 1.82) is 0 Å². The van der Waals surface area contributed by atoms with E-state index in [1.165, 1.54) is 11.3 Å². The molecule has 3 amide bonds. The molecule has 1 saturated heterocycles. The average Bonchev–Trinajstić information content (AvgIpc) is 3.31. The molecule has 0 aliphatic carbocycles. The standard InChI is InChI=1S/C26H28N4O4S/c1-18-7-9-21(10-8-18)27-23(31)15-24-28-22(17-35-24)16-34-25(32)19-11-13-30(14-12-19)26(33)29-20-5-3-2-4-6-20/h2-10,17,19H,11-16H2,1H3,(H,27,31)(H,29,33). The highest BCUT2D eigenvalue weighted by molar-refractivity contribution is 7.09. The zero-order valence-electron chi connectivity index (χ0n) is 19.5. The van der Waals surface area contributed by atoms with Crippen LogP contribution < -0.4 is 10.6 Å². The van der Waals surface area contributed by atoms with Gasteiger partial charge < -0.3 is 20.3 Å². The maximum absolute atomic E-state index is 12.5. The normalized spacial score (nSPS) is 13.8. The fourth-order valence-corrected chi connectivity index (χ4v) is 4.56. The fourth-order valence-electron chi connectivity index (χ4n) is 3.78. The first-order valence-electron chi connectivity index (χ1n) is 11.5. The number of benzene rings is 2. The zero-order valence-corrected chi connectivity index (χ0v) is 20.3. The van der Waals surface area contributed by atoms with E-state index in [1.54, 1.807) is 10.3 Å². The van der Waals surface area contributed by atoms with E-state index in [0.717, 1.165) is 16.9 Å². The van der Waals surface area contributed by atoms with Gasteiger partial charge in [0.1, 0.15) is 11.6 Å². The van der Waals surface area contributed by atoms with Gasteiger partial charge in [-0.15, -0.1) is 11.3 Å². The lowest BCUT2D eigenvalue weighted by molar-refractivity contribution is -0.151. The first-order valence-corrected chi connectivity index (χ1v) is 12.4. The number of para-hydroxylation sites is 1. The highest BCUT2D eigenvalue weighted by Gasteiger charge is 2.28. The number of carbonyl (C=O) groups excluding carboxylic acids is 3. The molecule has 1 aromatic heterocycles. The largest absolute Gasteiger partial charge is 0.459 e. The lowest BCUT2D eigenvalue weighted by atomic mass is 9.97. The van der Waals surface area contributed by atoms with Crippen LogP contribution >= 0.6 is 11.3 Å². The average molecular weight is 493 g/mol. The summed E-state index contributed by atoms with van der Waals surface area (Å²) < 4.78 is 5.47. The van der Waals surface area contributed by atoms with Crippen LogP contribution in [0, 0.1) is 12.8 Å². The molecule has 0 atom stereocenters. The molecule has 0 saturated carbocycles. The number of nitrogens with one attached hydrogen (secondary N) is 2. The quantitative estimate of drug-likeness (QED) is 0.469. The number of anilines is 2. The second-order valence-corrected chi connectivity index (χ2v) is 9.43. The molecule has 2 N–H and O–H groups in total. The Labute approximate surface area is 208 Å². The van der Waals surface area contributed by atoms with E-state index < -0.39 is 0 Å². The molecule has 1 aliphatic rings. The van der Waals surface area contributed by atoms with E-state index in [1.807, 2.05) is 61.5 Å². The number of aromatic nitrogens is 1. The molecule has 1 aliphatic heterocycles. The second kappa shape index (κ2) is 11.6. The lowest BCUT2D eigenvalue weighted by Crippen LogP contribution is -2.42. The van der Waals surface area contributed by atoms with Crippen LogP contribution in [-0.2, 0) is 27.4 Å². The highest BCUT2D eigenvalue weighted by atomic mass is 32.1. The monoisotopic (exact) mass is 492 g/mol. The smallest absolute Gasteiger partial charge is 0.321 e. The number of hydrogen-bond acceptors (Lipinski definition) is 6. The summed E-state index contributed by atoms with van der Waals surface area (Å²) in [6.45, 7) is 3.05. The van der Waals surface area contributed by atoms with Crippen molar-refractivity contribution in [2.45, 2.75) is 32.8 Å². The van der Waals surface area contributed by atoms with Crippen molar-refractivity contribution in [2.75, 3.05) is 23.7 Å². The van der Waals surface area contributed by atoms with Crippen LogP contribution in [0.1, 0.15) is 29.1 Å². The summed E-state index contributed by atoms with van der Waals surface area (Å²) in [7, 11) is 0. The first kappa shape index (κ1) is 24.4. The molecule has 0 radical (unpaired) electrons. The van der Waals surface area contributed by atoms with Crippen LogP contribution in [0.4, 0.5) is 16.2 Å². The molecular weight excluding hydrogens is 464 g/mol. The van der Waals surface area contributed by atoms with Gasteiger partial charge in [0, 0.05) is 29.8 Å². The van der Waals surface area contributed by atoms with Crippen molar-refractivity contribution in [3.8, 4) is 0 Å². The van der Waals surface area contributed by atoms with Gasteiger partial charge in [0.15, 0.2) is 0 Å². The van der Waals surface area contributed by atoms with Gasteiger partial charge >= 0.3 is 12.0 Å². The lowest BCUT2D eigenvalue weighted by Gasteiger charge is -2.30. The van der Waals surface area contributed by atoms with E-state index >= 15 is 0 Å². The van der Waals surface area contributed by atoms with Gasteiger partial charge in [-0.25, -0.2) is 9.78 Å². The van der Waals surface area contributed by atoms with Crippen molar-refractivity contribution < 1.29 is 19.1 Å². The van der Waals surface area contributed by atoms with Crippen molar-refractivity contribution in [1.82, 2.24) is 9.88 Å². The van der Waals surface area contributed by atoms with Crippen LogP contribution in [0.5, 0.6) is 0 Å². The van der Waals surface area contributed by atoms with E-state index in [0.29, 0.717) is 36.6 Å². The third-order valence-electron chi connectivity index (χ3n) is 5.75. The maximum atomic E-state index is 12.5.